The average molecular weight is 619 g/mol. The van der Waals surface area contributed by atoms with Crippen LogP contribution < -0.4 is 10.6 Å². The van der Waals surface area contributed by atoms with Crippen LogP contribution >= 0.6 is 11.8 Å². The normalized spacial score (nSPS) is 46.7. The van der Waals surface area contributed by atoms with Gasteiger partial charge in [-0.1, -0.05) is 40.2 Å². The molecule has 0 spiro atoms. The SMILES string of the molecule is C=C[C@]1(C)C[C@@H](OC(=O)CS[C@@H]2CC[C@@H](NC(=O)[C@@H]3CCCCN3)C[C@H]2O)[C@]2(C)C(C)CCC3(CCC(=O)[C@H]32)[C@@H](C)[C@@H]1O. The van der Waals surface area contributed by atoms with Crippen molar-refractivity contribution in [1.29, 1.82) is 0 Å². The molecular formula is C34H54N2O6S. The second-order valence-corrected chi connectivity index (χ2v) is 16.2. The van der Waals surface area contributed by atoms with Crippen LogP contribution in [0.2, 0.25) is 0 Å². The number of Topliss-reactive ketones (excluding diaryl/α,β-unsaturated/α-hetero) is 1. The molecule has 5 fully saturated rings. The molecule has 4 aliphatic carbocycles. The minimum absolute atomic E-state index is 0.0204. The predicted octanol–water partition coefficient (Wildman–Crippen LogP) is 4.17. The number of aliphatic hydroxyl groups is 2. The van der Waals surface area contributed by atoms with E-state index < -0.39 is 29.1 Å². The maximum absolute atomic E-state index is 13.6. The molecule has 0 aromatic carbocycles. The van der Waals surface area contributed by atoms with E-state index in [1.807, 2.05) is 13.0 Å². The second-order valence-electron chi connectivity index (χ2n) is 15.0. The van der Waals surface area contributed by atoms with Crippen molar-refractivity contribution in [2.24, 2.45) is 34.0 Å². The Balaban J connectivity index is 1.24. The van der Waals surface area contributed by atoms with Crippen LogP contribution in [0.5, 0.6) is 0 Å². The summed E-state index contributed by atoms with van der Waals surface area (Å²) in [5, 5.41) is 28.9. The molecule has 0 aromatic heterocycles. The number of ether oxygens (including phenoxy) is 1. The molecule has 12 atom stereocenters. The third-order valence-electron chi connectivity index (χ3n) is 12.7. The lowest BCUT2D eigenvalue weighted by Gasteiger charge is -2.61. The first-order chi connectivity index (χ1) is 20.4. The van der Waals surface area contributed by atoms with Gasteiger partial charge in [-0.25, -0.2) is 0 Å². The predicted molar refractivity (Wildman–Crippen MR) is 168 cm³/mol. The number of amides is 1. The number of carbonyl (C=O) groups excluding carboxylic acids is 3. The van der Waals surface area contributed by atoms with E-state index in [4.69, 9.17) is 4.74 Å². The van der Waals surface area contributed by atoms with Crippen molar-refractivity contribution in [3.8, 4) is 0 Å². The molecule has 0 radical (unpaired) electrons. The van der Waals surface area contributed by atoms with Crippen LogP contribution in [0, 0.1) is 34.0 Å². The zero-order chi connectivity index (χ0) is 31.2. The van der Waals surface area contributed by atoms with Gasteiger partial charge in [0, 0.05) is 34.5 Å². The summed E-state index contributed by atoms with van der Waals surface area (Å²) < 4.78 is 6.37. The Kier molecular flexibility index (Phi) is 9.78. The summed E-state index contributed by atoms with van der Waals surface area (Å²) in [6, 6.07) is -0.209. The van der Waals surface area contributed by atoms with Gasteiger partial charge in [0.2, 0.25) is 5.91 Å². The molecule has 2 unspecified atom stereocenters. The number of carbonyl (C=O) groups is 3. The molecule has 43 heavy (non-hydrogen) atoms. The fraction of sp³-hybridized carbons (Fsp3) is 0.853. The number of hydrogen-bond acceptors (Lipinski definition) is 8. The van der Waals surface area contributed by atoms with Gasteiger partial charge in [-0.2, -0.15) is 0 Å². The Bertz CT molecular complexity index is 1080. The molecule has 0 aromatic rings. The minimum Gasteiger partial charge on any atom is -0.461 e. The standard InChI is InChI=1S/C34H54N2O6S/c1-6-32(4)18-27(33(5)20(2)12-14-34(21(3)30(32)40)15-13-24(37)29(33)34)42-28(39)19-43-26-11-10-22(17-25(26)38)36-31(41)23-9-7-8-16-35-23/h6,20-23,25-27,29-30,35,38,40H,1,7-19H2,2-5H3,(H,36,41)/t20?,21-,22+,23-,25+,26+,27+,29-,30-,32+,33-,34?/m0/s1. The first-order valence-electron chi connectivity index (χ1n) is 16.7. The van der Waals surface area contributed by atoms with Gasteiger partial charge in [0.05, 0.1) is 24.0 Å². The van der Waals surface area contributed by atoms with Gasteiger partial charge in [0.1, 0.15) is 11.9 Å². The Morgan fingerprint density at radius 1 is 1.14 bits per heavy atom. The van der Waals surface area contributed by atoms with E-state index >= 15 is 0 Å². The lowest BCUT2D eigenvalue weighted by molar-refractivity contribution is -0.205. The minimum atomic E-state index is -0.688. The van der Waals surface area contributed by atoms with E-state index in [-0.39, 0.29) is 63.9 Å². The molecule has 1 amide bonds. The van der Waals surface area contributed by atoms with Gasteiger partial charge in [-0.05, 0) is 81.6 Å². The second kappa shape index (κ2) is 12.8. The number of aliphatic hydroxyl groups excluding tert-OH is 2. The van der Waals surface area contributed by atoms with E-state index in [1.54, 1.807) is 0 Å². The first-order valence-corrected chi connectivity index (χ1v) is 17.8. The molecule has 4 saturated carbocycles. The average Bonchev–Trinajstić information content (AvgIpc) is 3.35. The molecule has 1 aliphatic heterocycles. The number of rotatable bonds is 7. The Labute approximate surface area is 261 Å². The van der Waals surface area contributed by atoms with Gasteiger partial charge >= 0.3 is 5.97 Å². The summed E-state index contributed by atoms with van der Waals surface area (Å²) in [7, 11) is 0. The number of esters is 1. The highest BCUT2D eigenvalue weighted by Gasteiger charge is 2.68. The van der Waals surface area contributed by atoms with E-state index in [0.29, 0.717) is 25.7 Å². The van der Waals surface area contributed by atoms with Crippen molar-refractivity contribution in [2.75, 3.05) is 12.3 Å². The quantitative estimate of drug-likeness (QED) is 0.248. The molecule has 1 saturated heterocycles. The Morgan fingerprint density at radius 2 is 1.91 bits per heavy atom. The van der Waals surface area contributed by atoms with Gasteiger partial charge in [-0.3, -0.25) is 14.4 Å². The highest BCUT2D eigenvalue weighted by molar-refractivity contribution is 8.00. The van der Waals surface area contributed by atoms with Gasteiger partial charge in [0.15, 0.2) is 0 Å². The monoisotopic (exact) mass is 618 g/mol. The zero-order valence-electron chi connectivity index (χ0n) is 26.6. The van der Waals surface area contributed by atoms with E-state index in [0.717, 1.165) is 51.5 Å². The molecule has 1 heterocycles. The van der Waals surface area contributed by atoms with Crippen molar-refractivity contribution in [3.05, 3.63) is 12.7 Å². The van der Waals surface area contributed by atoms with Gasteiger partial charge in [-0.15, -0.1) is 18.3 Å². The summed E-state index contributed by atoms with van der Waals surface area (Å²) in [5.41, 5.74) is -1.49. The van der Waals surface area contributed by atoms with Crippen LogP contribution in [0.25, 0.3) is 0 Å². The molecule has 242 valence electrons. The highest BCUT2D eigenvalue weighted by atomic mass is 32.2. The number of piperidine rings is 1. The first kappa shape index (κ1) is 33.0. The molecule has 9 heteroatoms. The van der Waals surface area contributed by atoms with Crippen molar-refractivity contribution >= 4 is 29.4 Å². The van der Waals surface area contributed by atoms with Crippen LogP contribution in [0.15, 0.2) is 12.7 Å². The van der Waals surface area contributed by atoms with Gasteiger partial charge in [0.25, 0.3) is 0 Å². The third kappa shape index (κ3) is 5.97. The van der Waals surface area contributed by atoms with E-state index in [1.165, 1.54) is 11.8 Å². The highest BCUT2D eigenvalue weighted by Crippen LogP contribution is 2.68. The molecular weight excluding hydrogens is 564 g/mol. The summed E-state index contributed by atoms with van der Waals surface area (Å²) in [5.74, 6) is -0.0878. The van der Waals surface area contributed by atoms with Crippen LogP contribution in [0.4, 0.5) is 0 Å². The van der Waals surface area contributed by atoms with Crippen molar-refractivity contribution in [3.63, 3.8) is 0 Å². The smallest absolute Gasteiger partial charge is 0.316 e. The third-order valence-corrected chi connectivity index (χ3v) is 14.1. The van der Waals surface area contributed by atoms with Crippen LogP contribution in [-0.4, -0.2) is 75.8 Å². The molecule has 8 nitrogen and oxygen atoms in total. The Hall–Kier alpha value is -1.42. The molecule has 5 aliphatic rings. The molecule has 2 bridgehead atoms. The summed E-state index contributed by atoms with van der Waals surface area (Å²) >= 11 is 1.42. The number of ketones is 1. The topological polar surface area (TPSA) is 125 Å². The fourth-order valence-corrected chi connectivity index (χ4v) is 10.7. The summed E-state index contributed by atoms with van der Waals surface area (Å²) in [6.07, 6.45) is 8.48. The van der Waals surface area contributed by atoms with Crippen LogP contribution in [-0.2, 0) is 19.1 Å². The maximum Gasteiger partial charge on any atom is 0.316 e. The Morgan fingerprint density at radius 3 is 2.58 bits per heavy atom. The van der Waals surface area contributed by atoms with E-state index in [2.05, 4.69) is 38.0 Å². The van der Waals surface area contributed by atoms with E-state index in [9.17, 15) is 24.6 Å². The lowest BCUT2D eigenvalue weighted by atomic mass is 9.44. The lowest BCUT2D eigenvalue weighted by Crippen LogP contribution is -2.63. The number of hydrogen-bond donors (Lipinski definition) is 4. The zero-order valence-corrected chi connectivity index (χ0v) is 27.4. The summed E-state index contributed by atoms with van der Waals surface area (Å²) in [6.45, 7) is 13.4. The fourth-order valence-electron chi connectivity index (χ4n) is 9.69. The number of thioether (sulfide) groups is 1. The number of nitrogens with one attached hydrogen (secondary N) is 2. The van der Waals surface area contributed by atoms with Crippen molar-refractivity contribution in [1.82, 2.24) is 10.6 Å². The maximum atomic E-state index is 13.6. The van der Waals surface area contributed by atoms with Crippen molar-refractivity contribution in [2.45, 2.75) is 134 Å². The van der Waals surface area contributed by atoms with Crippen molar-refractivity contribution < 1.29 is 29.3 Å². The van der Waals surface area contributed by atoms with Crippen LogP contribution in [0.1, 0.15) is 98.3 Å². The molecule has 5 rings (SSSR count). The summed E-state index contributed by atoms with van der Waals surface area (Å²) in [4.78, 5) is 39.8. The van der Waals surface area contributed by atoms with Gasteiger partial charge < -0.3 is 25.6 Å². The van der Waals surface area contributed by atoms with Crippen LogP contribution in [0.3, 0.4) is 0 Å². The molecule has 4 N–H and O–H groups in total. The largest absolute Gasteiger partial charge is 0.461 e.